The highest BCUT2D eigenvalue weighted by atomic mass is 16.5. The molecule has 106 valence electrons. The first kappa shape index (κ1) is 14.1. The maximum absolute atomic E-state index is 12.4. The van der Waals surface area contributed by atoms with Gasteiger partial charge in [-0.2, -0.15) is 0 Å². The molecule has 1 aliphatic rings. The summed E-state index contributed by atoms with van der Waals surface area (Å²) in [4.78, 5) is 24.2. The third-order valence-electron chi connectivity index (χ3n) is 3.43. The van der Waals surface area contributed by atoms with E-state index in [2.05, 4.69) is 0 Å². The Morgan fingerprint density at radius 1 is 1.40 bits per heavy atom. The van der Waals surface area contributed by atoms with Gasteiger partial charge in [-0.15, -0.1) is 0 Å². The third kappa shape index (κ3) is 2.05. The summed E-state index contributed by atoms with van der Waals surface area (Å²) in [7, 11) is 1.27. The molecule has 0 saturated heterocycles. The van der Waals surface area contributed by atoms with Crippen LogP contribution in [0.4, 0.5) is 0 Å². The summed E-state index contributed by atoms with van der Waals surface area (Å²) in [5.74, 6) is -0.476. The van der Waals surface area contributed by atoms with Gasteiger partial charge in [0, 0.05) is 0 Å². The van der Waals surface area contributed by atoms with Crippen molar-refractivity contribution in [3.63, 3.8) is 0 Å². The van der Waals surface area contributed by atoms with E-state index >= 15 is 0 Å². The summed E-state index contributed by atoms with van der Waals surface area (Å²) in [6.45, 7) is 3.21. The molecule has 20 heavy (non-hydrogen) atoms. The number of aliphatic hydroxyl groups is 1. The van der Waals surface area contributed by atoms with E-state index in [1.54, 1.807) is 38.1 Å². The Kier molecular flexibility index (Phi) is 3.53. The molecule has 5 heteroatoms. The van der Waals surface area contributed by atoms with Crippen LogP contribution in [-0.2, 0) is 9.53 Å². The van der Waals surface area contributed by atoms with Gasteiger partial charge < -0.3 is 14.6 Å². The lowest BCUT2D eigenvalue weighted by molar-refractivity contribution is -0.155. The summed E-state index contributed by atoms with van der Waals surface area (Å²) in [6.07, 6.45) is -0.199. The maximum Gasteiger partial charge on any atom is 0.315 e. The number of rotatable bonds is 2. The second kappa shape index (κ2) is 5.00. The summed E-state index contributed by atoms with van der Waals surface area (Å²) < 4.78 is 10.5. The Bertz CT molecular complexity index is 586. The topological polar surface area (TPSA) is 72.8 Å². The van der Waals surface area contributed by atoms with E-state index in [-0.39, 0.29) is 11.4 Å². The first-order valence-corrected chi connectivity index (χ1v) is 6.16. The van der Waals surface area contributed by atoms with Gasteiger partial charge in [0.2, 0.25) is 0 Å². The number of benzene rings is 1. The van der Waals surface area contributed by atoms with Crippen LogP contribution in [0.1, 0.15) is 24.2 Å². The van der Waals surface area contributed by atoms with Crippen LogP contribution in [0.2, 0.25) is 0 Å². The highest BCUT2D eigenvalue weighted by Crippen LogP contribution is 2.38. The lowest BCUT2D eigenvalue weighted by Crippen LogP contribution is -2.46. The lowest BCUT2D eigenvalue weighted by Gasteiger charge is -2.36. The van der Waals surface area contributed by atoms with Gasteiger partial charge in [0.15, 0.2) is 5.78 Å². The van der Waals surface area contributed by atoms with Crippen molar-refractivity contribution in [2.45, 2.75) is 20.0 Å². The van der Waals surface area contributed by atoms with Crippen molar-refractivity contribution in [3.8, 4) is 5.75 Å². The third-order valence-corrected chi connectivity index (χ3v) is 3.43. The van der Waals surface area contributed by atoms with E-state index in [1.807, 2.05) is 0 Å². The van der Waals surface area contributed by atoms with Crippen molar-refractivity contribution >= 4 is 11.8 Å². The summed E-state index contributed by atoms with van der Waals surface area (Å²) in [5.41, 5.74) is -0.698. The van der Waals surface area contributed by atoms with Crippen molar-refractivity contribution in [2.24, 2.45) is 5.41 Å². The molecular formula is C15H16O5. The number of hydrogen-bond donors (Lipinski definition) is 1. The largest absolute Gasteiger partial charge is 0.515 e. The minimum absolute atomic E-state index is 0.0408. The van der Waals surface area contributed by atoms with Gasteiger partial charge in [0.05, 0.1) is 24.5 Å². The van der Waals surface area contributed by atoms with Gasteiger partial charge in [-0.1, -0.05) is 12.1 Å². The molecule has 1 heterocycles. The molecule has 1 aromatic rings. The molecule has 0 amide bonds. The molecule has 1 unspecified atom stereocenters. The van der Waals surface area contributed by atoms with E-state index in [0.717, 1.165) is 0 Å². The van der Waals surface area contributed by atoms with Crippen molar-refractivity contribution in [3.05, 3.63) is 41.7 Å². The fraction of sp³-hybridized carbons (Fsp3) is 0.333. The number of carbonyl (C=O) groups excluding carboxylic acids is 2. The number of carbonyl (C=O) groups is 2. The first-order valence-electron chi connectivity index (χ1n) is 6.16. The van der Waals surface area contributed by atoms with E-state index in [9.17, 15) is 14.7 Å². The molecule has 0 radical (unpaired) electrons. The molecule has 2 rings (SSSR count). The zero-order valence-electron chi connectivity index (χ0n) is 11.5. The summed E-state index contributed by atoms with van der Waals surface area (Å²) in [5, 5.41) is 9.36. The van der Waals surface area contributed by atoms with Gasteiger partial charge in [0.25, 0.3) is 0 Å². The minimum Gasteiger partial charge on any atom is -0.515 e. The van der Waals surface area contributed by atoms with Gasteiger partial charge >= 0.3 is 5.97 Å². The number of esters is 1. The molecule has 1 aromatic carbocycles. The number of fused-ring (bicyclic) bond motifs is 1. The van der Waals surface area contributed by atoms with E-state index in [1.165, 1.54) is 7.11 Å². The molecule has 0 aliphatic carbocycles. The number of aliphatic hydroxyl groups excluding tert-OH is 1. The van der Waals surface area contributed by atoms with Crippen molar-refractivity contribution in [1.82, 2.24) is 0 Å². The Morgan fingerprint density at radius 3 is 2.65 bits per heavy atom. The second-order valence-corrected chi connectivity index (χ2v) is 5.12. The molecular weight excluding hydrogens is 260 g/mol. The van der Waals surface area contributed by atoms with Crippen molar-refractivity contribution < 1.29 is 24.2 Å². The molecule has 0 spiro atoms. The SMILES string of the molecule is COC(=O)C(C)(C)C1Oc2ccccc2C(=O)C1=CO. The Balaban J connectivity index is 2.51. The van der Waals surface area contributed by atoms with Gasteiger partial charge in [-0.25, -0.2) is 0 Å². The molecule has 1 atom stereocenters. The van der Waals surface area contributed by atoms with Gasteiger partial charge in [-0.3, -0.25) is 9.59 Å². The average Bonchev–Trinajstić information content (AvgIpc) is 2.46. The first-order chi connectivity index (χ1) is 9.43. The van der Waals surface area contributed by atoms with E-state index in [4.69, 9.17) is 9.47 Å². The highest BCUT2D eigenvalue weighted by Gasteiger charge is 2.47. The molecule has 1 aliphatic heterocycles. The summed E-state index contributed by atoms with van der Waals surface area (Å²) in [6, 6.07) is 6.72. The number of hydrogen-bond acceptors (Lipinski definition) is 5. The second-order valence-electron chi connectivity index (χ2n) is 5.12. The smallest absolute Gasteiger partial charge is 0.315 e. The lowest BCUT2D eigenvalue weighted by atomic mass is 9.79. The average molecular weight is 276 g/mol. The quantitative estimate of drug-likeness (QED) is 0.509. The van der Waals surface area contributed by atoms with Gasteiger partial charge in [0.1, 0.15) is 17.3 Å². The maximum atomic E-state index is 12.4. The monoisotopic (exact) mass is 276 g/mol. The zero-order valence-corrected chi connectivity index (χ0v) is 11.5. The molecule has 0 bridgehead atoms. The number of methoxy groups -OCH3 is 1. The van der Waals surface area contributed by atoms with Crippen LogP contribution >= 0.6 is 0 Å². The number of ether oxygens (including phenoxy) is 2. The number of para-hydroxylation sites is 1. The molecule has 5 nitrogen and oxygen atoms in total. The summed E-state index contributed by atoms with van der Waals surface area (Å²) >= 11 is 0. The Labute approximate surface area is 116 Å². The molecule has 0 fully saturated rings. The van der Waals surface area contributed by atoms with Crippen LogP contribution in [0.15, 0.2) is 36.1 Å². The van der Waals surface area contributed by atoms with Crippen molar-refractivity contribution in [2.75, 3.05) is 7.11 Å². The number of Topliss-reactive ketones (excluding diaryl/α,β-unsaturated/α-hetero) is 1. The number of ketones is 1. The van der Waals surface area contributed by atoms with Crippen LogP contribution in [0.3, 0.4) is 0 Å². The predicted molar refractivity (Wildman–Crippen MR) is 71.7 cm³/mol. The minimum atomic E-state index is -1.10. The van der Waals surface area contributed by atoms with E-state index < -0.39 is 17.5 Å². The highest BCUT2D eigenvalue weighted by molar-refractivity contribution is 6.12. The Hall–Kier alpha value is -2.30. The van der Waals surface area contributed by atoms with Crippen LogP contribution in [0.25, 0.3) is 0 Å². The molecule has 0 saturated carbocycles. The predicted octanol–water partition coefficient (Wildman–Crippen LogP) is 2.27. The van der Waals surface area contributed by atoms with Gasteiger partial charge in [-0.05, 0) is 26.0 Å². The van der Waals surface area contributed by atoms with Crippen LogP contribution < -0.4 is 4.74 Å². The van der Waals surface area contributed by atoms with Crippen LogP contribution in [-0.4, -0.2) is 30.1 Å². The van der Waals surface area contributed by atoms with Crippen LogP contribution in [0.5, 0.6) is 5.75 Å². The van der Waals surface area contributed by atoms with Crippen LogP contribution in [0, 0.1) is 5.41 Å². The molecule has 0 aromatic heterocycles. The Morgan fingerprint density at radius 2 is 2.05 bits per heavy atom. The normalized spacial score (nSPS) is 20.2. The fourth-order valence-electron chi connectivity index (χ4n) is 2.25. The van der Waals surface area contributed by atoms with E-state index in [0.29, 0.717) is 17.6 Å². The molecule has 1 N–H and O–H groups in total. The fourth-order valence-corrected chi connectivity index (χ4v) is 2.25. The van der Waals surface area contributed by atoms with Crippen molar-refractivity contribution in [1.29, 1.82) is 0 Å². The standard InChI is InChI=1S/C15H16O5/c1-15(2,14(18)19-3)13-10(8-16)12(17)9-6-4-5-7-11(9)20-13/h4-8,13,16H,1-3H3. The zero-order chi connectivity index (χ0) is 14.9.